The Morgan fingerprint density at radius 1 is 1.17 bits per heavy atom. The Morgan fingerprint density at radius 3 is 2.33 bits per heavy atom. The fourth-order valence-electron chi connectivity index (χ4n) is 2.84. The van der Waals surface area contributed by atoms with Crippen molar-refractivity contribution in [1.82, 2.24) is 9.21 Å². The van der Waals surface area contributed by atoms with E-state index >= 15 is 0 Å². The van der Waals surface area contributed by atoms with E-state index in [2.05, 4.69) is 0 Å². The van der Waals surface area contributed by atoms with Gasteiger partial charge in [-0.15, -0.1) is 0 Å². The van der Waals surface area contributed by atoms with E-state index in [1.54, 1.807) is 17.0 Å². The summed E-state index contributed by atoms with van der Waals surface area (Å²) in [5, 5.41) is 0. The molecule has 1 aromatic rings. The van der Waals surface area contributed by atoms with Crippen LogP contribution >= 0.6 is 0 Å². The third kappa shape index (κ3) is 3.79. The molecule has 1 aliphatic rings. The molecule has 0 atom stereocenters. The number of carbonyl (C=O) groups excluding carboxylic acids is 1. The van der Waals surface area contributed by atoms with Gasteiger partial charge in [0, 0.05) is 31.7 Å². The Hall–Kier alpha value is -1.44. The molecule has 7 heteroatoms. The molecule has 0 N–H and O–H groups in total. The maximum absolute atomic E-state index is 13.0. The summed E-state index contributed by atoms with van der Waals surface area (Å²) in [5.41, 5.74) is 1.15. The normalized spacial score (nSPS) is 16.1. The topological polar surface area (TPSA) is 66.9 Å². The zero-order valence-electron chi connectivity index (χ0n) is 14.6. The largest absolute Gasteiger partial charge is 0.379 e. The van der Waals surface area contributed by atoms with E-state index in [-0.39, 0.29) is 10.8 Å². The number of amides is 1. The lowest BCUT2D eigenvalue weighted by atomic mass is 10.1. The molecule has 0 saturated carbocycles. The summed E-state index contributed by atoms with van der Waals surface area (Å²) in [6.45, 7) is 8.42. The number of ether oxygens (including phenoxy) is 1. The van der Waals surface area contributed by atoms with Crippen molar-refractivity contribution in [3.63, 3.8) is 0 Å². The molecule has 2 rings (SSSR count). The van der Waals surface area contributed by atoms with Crippen molar-refractivity contribution < 1.29 is 17.9 Å². The van der Waals surface area contributed by atoms with Gasteiger partial charge in [-0.05, 0) is 38.0 Å². The predicted molar refractivity (Wildman–Crippen MR) is 92.6 cm³/mol. The van der Waals surface area contributed by atoms with E-state index in [0.717, 1.165) is 5.56 Å². The summed E-state index contributed by atoms with van der Waals surface area (Å²) in [6.07, 6.45) is 0.596. The van der Waals surface area contributed by atoms with Crippen molar-refractivity contribution >= 4 is 15.9 Å². The fourth-order valence-corrected chi connectivity index (χ4v) is 4.57. The van der Waals surface area contributed by atoms with Crippen molar-refractivity contribution in [2.24, 2.45) is 0 Å². The Morgan fingerprint density at radius 2 is 1.79 bits per heavy atom. The first-order valence-corrected chi connectivity index (χ1v) is 9.89. The molecule has 1 aliphatic heterocycles. The van der Waals surface area contributed by atoms with Crippen LogP contribution in [0.3, 0.4) is 0 Å². The molecule has 0 spiro atoms. The number of carbonyl (C=O) groups is 1. The molecule has 6 nitrogen and oxygen atoms in total. The van der Waals surface area contributed by atoms with Gasteiger partial charge in [0.1, 0.15) is 0 Å². The number of rotatable bonds is 6. The van der Waals surface area contributed by atoms with E-state index in [1.807, 2.05) is 20.8 Å². The molecule has 1 heterocycles. The molecule has 24 heavy (non-hydrogen) atoms. The Kier molecular flexibility index (Phi) is 6.37. The second-order valence-corrected chi connectivity index (χ2v) is 7.58. The SMILES string of the molecule is CCc1ccc(C(=O)N(CC)CC)cc1S(=O)(=O)N1CCOCC1. The number of morpholine rings is 1. The summed E-state index contributed by atoms with van der Waals surface area (Å²) in [5.74, 6) is -0.138. The predicted octanol–water partition coefficient (Wildman–Crippen LogP) is 1.75. The average molecular weight is 354 g/mol. The molecule has 134 valence electrons. The van der Waals surface area contributed by atoms with Crippen LogP contribution in [0, 0.1) is 0 Å². The van der Waals surface area contributed by atoms with E-state index in [0.29, 0.717) is 51.4 Å². The minimum Gasteiger partial charge on any atom is -0.379 e. The molecule has 0 unspecified atom stereocenters. The maximum atomic E-state index is 13.0. The van der Waals surface area contributed by atoms with E-state index < -0.39 is 10.0 Å². The van der Waals surface area contributed by atoms with Gasteiger partial charge in [-0.3, -0.25) is 4.79 Å². The van der Waals surface area contributed by atoms with Crippen LogP contribution in [0.1, 0.15) is 36.7 Å². The van der Waals surface area contributed by atoms with Crippen molar-refractivity contribution in [1.29, 1.82) is 0 Å². The van der Waals surface area contributed by atoms with Gasteiger partial charge in [0.05, 0.1) is 18.1 Å². The molecule has 1 aromatic carbocycles. The van der Waals surface area contributed by atoms with Gasteiger partial charge in [-0.1, -0.05) is 13.0 Å². The van der Waals surface area contributed by atoms with Crippen LogP contribution < -0.4 is 0 Å². The first-order chi connectivity index (χ1) is 11.5. The first-order valence-electron chi connectivity index (χ1n) is 8.45. The smallest absolute Gasteiger partial charge is 0.253 e. The lowest BCUT2D eigenvalue weighted by Crippen LogP contribution is -2.41. The van der Waals surface area contributed by atoms with Crippen LogP contribution in [0.15, 0.2) is 23.1 Å². The molecule has 0 aliphatic carbocycles. The second kappa shape index (κ2) is 8.09. The average Bonchev–Trinajstić information content (AvgIpc) is 2.62. The van der Waals surface area contributed by atoms with E-state index in [4.69, 9.17) is 4.74 Å². The number of nitrogens with zero attached hydrogens (tertiary/aromatic N) is 2. The van der Waals surface area contributed by atoms with Crippen LogP contribution in [0.5, 0.6) is 0 Å². The van der Waals surface area contributed by atoms with Crippen LogP contribution in [-0.4, -0.2) is 62.9 Å². The number of hydrogen-bond acceptors (Lipinski definition) is 4. The van der Waals surface area contributed by atoms with Crippen LogP contribution in [0.2, 0.25) is 0 Å². The summed E-state index contributed by atoms with van der Waals surface area (Å²) in [6, 6.07) is 5.01. The Balaban J connectivity index is 2.44. The first kappa shape index (κ1) is 18.9. The van der Waals surface area contributed by atoms with Gasteiger partial charge < -0.3 is 9.64 Å². The molecular formula is C17H26N2O4S. The zero-order valence-corrected chi connectivity index (χ0v) is 15.4. The lowest BCUT2D eigenvalue weighted by molar-refractivity contribution is 0.0729. The van der Waals surface area contributed by atoms with Gasteiger partial charge in [0.25, 0.3) is 5.91 Å². The van der Waals surface area contributed by atoms with Crippen molar-refractivity contribution in [3.05, 3.63) is 29.3 Å². The highest BCUT2D eigenvalue weighted by molar-refractivity contribution is 7.89. The molecule has 0 radical (unpaired) electrons. The van der Waals surface area contributed by atoms with Gasteiger partial charge >= 0.3 is 0 Å². The molecule has 0 aromatic heterocycles. The highest BCUT2D eigenvalue weighted by atomic mass is 32.2. The quantitative estimate of drug-likeness (QED) is 0.781. The monoisotopic (exact) mass is 354 g/mol. The van der Waals surface area contributed by atoms with Crippen LogP contribution in [0.25, 0.3) is 0 Å². The summed E-state index contributed by atoms with van der Waals surface area (Å²) in [7, 11) is -3.62. The van der Waals surface area contributed by atoms with Crippen molar-refractivity contribution in [3.8, 4) is 0 Å². The van der Waals surface area contributed by atoms with E-state index in [9.17, 15) is 13.2 Å². The Bertz CT molecular complexity index is 678. The van der Waals surface area contributed by atoms with Crippen LogP contribution in [0.4, 0.5) is 0 Å². The zero-order chi connectivity index (χ0) is 17.7. The molecule has 1 amide bonds. The van der Waals surface area contributed by atoms with Gasteiger partial charge in [-0.25, -0.2) is 8.42 Å². The lowest BCUT2D eigenvalue weighted by Gasteiger charge is -2.27. The van der Waals surface area contributed by atoms with Crippen molar-refractivity contribution in [2.75, 3.05) is 39.4 Å². The van der Waals surface area contributed by atoms with Gasteiger partial charge in [-0.2, -0.15) is 4.31 Å². The van der Waals surface area contributed by atoms with Crippen molar-refractivity contribution in [2.45, 2.75) is 32.1 Å². The maximum Gasteiger partial charge on any atom is 0.253 e. The van der Waals surface area contributed by atoms with Gasteiger partial charge in [0.2, 0.25) is 10.0 Å². The third-order valence-corrected chi connectivity index (χ3v) is 6.31. The van der Waals surface area contributed by atoms with Crippen LogP contribution in [-0.2, 0) is 21.2 Å². The molecule has 0 bridgehead atoms. The van der Waals surface area contributed by atoms with E-state index in [1.165, 1.54) is 10.4 Å². The minimum absolute atomic E-state index is 0.138. The summed E-state index contributed by atoms with van der Waals surface area (Å²) >= 11 is 0. The minimum atomic E-state index is -3.62. The molecule has 1 fully saturated rings. The molecular weight excluding hydrogens is 328 g/mol. The third-order valence-electron chi connectivity index (χ3n) is 4.33. The standard InChI is InChI=1S/C17H26N2O4S/c1-4-14-7-8-15(17(20)18(5-2)6-3)13-16(14)24(21,22)19-9-11-23-12-10-19/h7-8,13H,4-6,9-12H2,1-3H3. The number of benzene rings is 1. The number of aryl methyl sites for hydroxylation is 1. The highest BCUT2D eigenvalue weighted by Crippen LogP contribution is 2.24. The number of sulfonamides is 1. The van der Waals surface area contributed by atoms with Gasteiger partial charge in [0.15, 0.2) is 0 Å². The number of hydrogen-bond donors (Lipinski definition) is 0. The summed E-state index contributed by atoms with van der Waals surface area (Å²) < 4.78 is 32.7. The Labute approximate surface area is 144 Å². The highest BCUT2D eigenvalue weighted by Gasteiger charge is 2.29. The summed E-state index contributed by atoms with van der Waals surface area (Å²) in [4.78, 5) is 14.5. The fraction of sp³-hybridized carbons (Fsp3) is 0.588. The second-order valence-electron chi connectivity index (χ2n) is 5.67. The molecule has 1 saturated heterocycles.